The number of para-hydroxylation sites is 1. The highest BCUT2D eigenvalue weighted by atomic mass is 16.5. The lowest BCUT2D eigenvalue weighted by molar-refractivity contribution is 0.0603. The van der Waals surface area contributed by atoms with Gasteiger partial charge in [-0.05, 0) is 30.4 Å². The van der Waals surface area contributed by atoms with E-state index in [1.54, 1.807) is 6.07 Å². The van der Waals surface area contributed by atoms with E-state index in [2.05, 4.69) is 18.8 Å². The number of aromatic nitrogens is 2. The fourth-order valence-electron chi connectivity index (χ4n) is 3.32. The molecule has 1 heterocycles. The van der Waals surface area contributed by atoms with Crippen LogP contribution in [-0.4, -0.2) is 23.0 Å². The van der Waals surface area contributed by atoms with E-state index in [1.807, 2.05) is 12.1 Å². The molecule has 1 atom stereocenters. The Kier molecular flexibility index (Phi) is 3.04. The third-order valence-electron chi connectivity index (χ3n) is 4.52. The number of nitrogens with one attached hydrogen (secondary N) is 1. The van der Waals surface area contributed by atoms with Gasteiger partial charge in [-0.15, -0.1) is 0 Å². The van der Waals surface area contributed by atoms with Crippen LogP contribution in [0.15, 0.2) is 18.2 Å². The third-order valence-corrected chi connectivity index (χ3v) is 4.52. The fourth-order valence-corrected chi connectivity index (χ4v) is 3.32. The maximum Gasteiger partial charge on any atom is 0.340 e. The summed E-state index contributed by atoms with van der Waals surface area (Å²) in [5.41, 5.74) is 2.42. The molecule has 20 heavy (non-hydrogen) atoms. The standard InChI is InChI=1S/C16H20N2O2/c1-16(2)9-5-7-11(16)14-17-12-8-4-6-10(13(12)18-14)15(19)20-3/h4,6,8,11H,5,7,9H2,1-3H3,(H,17,18). The van der Waals surface area contributed by atoms with Gasteiger partial charge in [-0.1, -0.05) is 26.3 Å². The van der Waals surface area contributed by atoms with Crippen molar-refractivity contribution < 1.29 is 9.53 Å². The van der Waals surface area contributed by atoms with E-state index in [4.69, 9.17) is 9.72 Å². The summed E-state index contributed by atoms with van der Waals surface area (Å²) in [6, 6.07) is 5.58. The molecule has 0 bridgehead atoms. The van der Waals surface area contributed by atoms with Crippen molar-refractivity contribution in [2.75, 3.05) is 7.11 Å². The van der Waals surface area contributed by atoms with Crippen LogP contribution < -0.4 is 0 Å². The Hall–Kier alpha value is -1.84. The molecule has 0 spiro atoms. The first-order valence-corrected chi connectivity index (χ1v) is 7.10. The zero-order valence-corrected chi connectivity index (χ0v) is 12.2. The van der Waals surface area contributed by atoms with Crippen LogP contribution in [0, 0.1) is 5.41 Å². The molecular weight excluding hydrogens is 252 g/mol. The average Bonchev–Trinajstić information content (AvgIpc) is 2.99. The highest BCUT2D eigenvalue weighted by molar-refractivity contribution is 6.01. The number of aromatic amines is 1. The second-order valence-electron chi connectivity index (χ2n) is 6.25. The van der Waals surface area contributed by atoms with Crippen molar-refractivity contribution in [3.05, 3.63) is 29.6 Å². The van der Waals surface area contributed by atoms with Crippen molar-refractivity contribution in [1.29, 1.82) is 0 Å². The van der Waals surface area contributed by atoms with Crippen LogP contribution in [0.1, 0.15) is 55.2 Å². The van der Waals surface area contributed by atoms with E-state index >= 15 is 0 Å². The molecule has 0 radical (unpaired) electrons. The van der Waals surface area contributed by atoms with E-state index in [-0.39, 0.29) is 11.4 Å². The van der Waals surface area contributed by atoms with Crippen LogP contribution >= 0.6 is 0 Å². The van der Waals surface area contributed by atoms with Crippen molar-refractivity contribution in [2.24, 2.45) is 5.41 Å². The van der Waals surface area contributed by atoms with Crippen molar-refractivity contribution in [2.45, 2.75) is 39.0 Å². The smallest absolute Gasteiger partial charge is 0.340 e. The number of fused-ring (bicyclic) bond motifs is 1. The summed E-state index contributed by atoms with van der Waals surface area (Å²) in [6.07, 6.45) is 3.61. The molecule has 0 saturated heterocycles. The minimum Gasteiger partial charge on any atom is -0.465 e. The van der Waals surface area contributed by atoms with E-state index in [9.17, 15) is 4.79 Å². The predicted octanol–water partition coefficient (Wildman–Crippen LogP) is 3.64. The zero-order valence-electron chi connectivity index (χ0n) is 12.2. The number of hydrogen-bond donors (Lipinski definition) is 1. The lowest BCUT2D eigenvalue weighted by atomic mass is 9.81. The molecule has 4 nitrogen and oxygen atoms in total. The van der Waals surface area contributed by atoms with Crippen LogP contribution in [0.4, 0.5) is 0 Å². The van der Waals surface area contributed by atoms with Crippen molar-refractivity contribution in [3.63, 3.8) is 0 Å². The molecule has 1 aliphatic carbocycles. The molecule has 3 rings (SSSR count). The largest absolute Gasteiger partial charge is 0.465 e. The third kappa shape index (κ3) is 1.99. The molecule has 1 aromatic heterocycles. The number of rotatable bonds is 2. The molecule has 1 N–H and O–H groups in total. The predicted molar refractivity (Wildman–Crippen MR) is 77.8 cm³/mol. The summed E-state index contributed by atoms with van der Waals surface area (Å²) in [5, 5.41) is 0. The number of imidazole rings is 1. The second-order valence-corrected chi connectivity index (χ2v) is 6.25. The van der Waals surface area contributed by atoms with Gasteiger partial charge in [0, 0.05) is 5.92 Å². The number of ether oxygens (including phenoxy) is 1. The van der Waals surface area contributed by atoms with Crippen LogP contribution in [-0.2, 0) is 4.74 Å². The van der Waals surface area contributed by atoms with Gasteiger partial charge in [0.25, 0.3) is 0 Å². The van der Waals surface area contributed by atoms with Gasteiger partial charge in [0.1, 0.15) is 11.3 Å². The normalized spacial score (nSPS) is 21.2. The average molecular weight is 272 g/mol. The maximum atomic E-state index is 11.8. The lowest BCUT2D eigenvalue weighted by Gasteiger charge is -2.24. The summed E-state index contributed by atoms with van der Waals surface area (Å²) in [5.74, 6) is 1.10. The van der Waals surface area contributed by atoms with E-state index in [0.717, 1.165) is 23.3 Å². The first kappa shape index (κ1) is 13.2. The quantitative estimate of drug-likeness (QED) is 0.849. The van der Waals surface area contributed by atoms with E-state index in [0.29, 0.717) is 11.5 Å². The second kappa shape index (κ2) is 4.62. The van der Waals surface area contributed by atoms with Gasteiger partial charge in [-0.3, -0.25) is 0 Å². The molecule has 0 amide bonds. The number of methoxy groups -OCH3 is 1. The van der Waals surface area contributed by atoms with Gasteiger partial charge in [0.15, 0.2) is 0 Å². The summed E-state index contributed by atoms with van der Waals surface area (Å²) in [6.45, 7) is 4.58. The highest BCUT2D eigenvalue weighted by Crippen LogP contribution is 2.48. The topological polar surface area (TPSA) is 55.0 Å². The fraction of sp³-hybridized carbons (Fsp3) is 0.500. The Morgan fingerprint density at radius 1 is 1.45 bits per heavy atom. The number of benzene rings is 1. The summed E-state index contributed by atoms with van der Waals surface area (Å²) in [7, 11) is 1.40. The van der Waals surface area contributed by atoms with Gasteiger partial charge in [-0.2, -0.15) is 0 Å². The maximum absolute atomic E-state index is 11.8. The number of carbonyl (C=O) groups excluding carboxylic acids is 1. The SMILES string of the molecule is COC(=O)c1cccc2[nH]c(C3CCCC3(C)C)nc12. The van der Waals surface area contributed by atoms with Crippen LogP contribution in [0.5, 0.6) is 0 Å². The number of H-pyrrole nitrogens is 1. The van der Waals surface area contributed by atoms with E-state index in [1.165, 1.54) is 20.0 Å². The van der Waals surface area contributed by atoms with Crippen LogP contribution in [0.25, 0.3) is 11.0 Å². The Labute approximate surface area is 118 Å². The minimum atomic E-state index is -0.334. The molecule has 0 aliphatic heterocycles. The zero-order chi connectivity index (χ0) is 14.3. The molecule has 4 heteroatoms. The molecule has 1 unspecified atom stereocenters. The monoisotopic (exact) mass is 272 g/mol. The molecule has 1 fully saturated rings. The molecule has 1 aromatic carbocycles. The van der Waals surface area contributed by atoms with Crippen molar-refractivity contribution in [3.8, 4) is 0 Å². The number of carbonyl (C=O) groups is 1. The Morgan fingerprint density at radius 3 is 2.90 bits per heavy atom. The summed E-state index contributed by atoms with van der Waals surface area (Å²) < 4.78 is 4.83. The van der Waals surface area contributed by atoms with Crippen molar-refractivity contribution >= 4 is 17.0 Å². The van der Waals surface area contributed by atoms with Gasteiger partial charge in [0.05, 0.1) is 18.2 Å². The van der Waals surface area contributed by atoms with Gasteiger partial charge < -0.3 is 9.72 Å². The van der Waals surface area contributed by atoms with Gasteiger partial charge in [0.2, 0.25) is 0 Å². The highest BCUT2D eigenvalue weighted by Gasteiger charge is 2.37. The number of hydrogen-bond acceptors (Lipinski definition) is 3. The summed E-state index contributed by atoms with van der Waals surface area (Å²) in [4.78, 5) is 19.9. The number of nitrogens with zero attached hydrogens (tertiary/aromatic N) is 1. The molecule has 2 aromatic rings. The Morgan fingerprint density at radius 2 is 2.25 bits per heavy atom. The van der Waals surface area contributed by atoms with Gasteiger partial charge >= 0.3 is 5.97 Å². The van der Waals surface area contributed by atoms with Crippen LogP contribution in [0.3, 0.4) is 0 Å². The van der Waals surface area contributed by atoms with Crippen LogP contribution in [0.2, 0.25) is 0 Å². The molecule has 1 saturated carbocycles. The van der Waals surface area contributed by atoms with Crippen molar-refractivity contribution in [1.82, 2.24) is 9.97 Å². The minimum absolute atomic E-state index is 0.263. The Balaban J connectivity index is 2.09. The first-order valence-electron chi connectivity index (χ1n) is 7.10. The first-order chi connectivity index (χ1) is 9.53. The molecule has 106 valence electrons. The lowest BCUT2D eigenvalue weighted by Crippen LogP contribution is -2.16. The van der Waals surface area contributed by atoms with E-state index < -0.39 is 0 Å². The van der Waals surface area contributed by atoms with Gasteiger partial charge in [-0.25, -0.2) is 9.78 Å². The Bertz CT molecular complexity index is 658. The number of esters is 1. The summed E-state index contributed by atoms with van der Waals surface area (Å²) >= 11 is 0. The molecular formula is C16H20N2O2. The molecule has 1 aliphatic rings.